The first-order chi connectivity index (χ1) is 10.2. The van der Waals surface area contributed by atoms with Crippen molar-refractivity contribution < 1.29 is 33.3 Å². The van der Waals surface area contributed by atoms with Crippen molar-refractivity contribution in [2.45, 2.75) is 36.9 Å². The molecule has 132 valence electrons. The molecule has 1 aromatic carbocycles. The predicted molar refractivity (Wildman–Crippen MR) is 86.3 cm³/mol. The van der Waals surface area contributed by atoms with E-state index >= 15 is 0 Å². The van der Waals surface area contributed by atoms with Crippen molar-refractivity contribution in [3.05, 3.63) is 24.3 Å². The second-order valence-corrected chi connectivity index (χ2v) is 7.70. The van der Waals surface area contributed by atoms with Crippen LogP contribution in [0.5, 0.6) is 5.75 Å². The molecule has 1 unspecified atom stereocenters. The largest absolute Gasteiger partial charge is 0.631 e. The second kappa shape index (κ2) is 8.09. The first-order valence-electron chi connectivity index (χ1n) is 6.69. The van der Waals surface area contributed by atoms with E-state index in [2.05, 4.69) is 0 Å². The van der Waals surface area contributed by atoms with Gasteiger partial charge in [0.2, 0.25) is 0 Å². The third-order valence-corrected chi connectivity index (χ3v) is 4.41. The minimum absolute atomic E-state index is 0.129. The zero-order chi connectivity index (χ0) is 18.5. The van der Waals surface area contributed by atoms with Gasteiger partial charge in [-0.15, -0.1) is 0 Å². The normalized spacial score (nSPS) is 14.3. The molecule has 0 amide bonds. The maximum atomic E-state index is 11.3. The number of rotatable bonds is 5. The maximum absolute atomic E-state index is 11.3. The molecule has 1 aromatic rings. The Hall–Kier alpha value is -1.17. The fraction of sp³-hybridized carbons (Fsp3) is 0.538. The molecule has 0 saturated heterocycles. The van der Waals surface area contributed by atoms with E-state index in [-0.39, 0.29) is 11.4 Å². The van der Waals surface area contributed by atoms with Gasteiger partial charge >= 0.3 is 7.32 Å². The molecular formula is C13H24BNO7S. The van der Waals surface area contributed by atoms with Crippen molar-refractivity contribution in [1.82, 2.24) is 0 Å². The van der Waals surface area contributed by atoms with Gasteiger partial charge in [0.05, 0.1) is 10.5 Å². The smallest absolute Gasteiger partial charge is 0.483 e. The van der Waals surface area contributed by atoms with E-state index < -0.39 is 28.4 Å². The fourth-order valence-electron chi connectivity index (χ4n) is 1.43. The van der Waals surface area contributed by atoms with Gasteiger partial charge in [-0.25, -0.2) is 8.42 Å². The molecule has 23 heavy (non-hydrogen) atoms. The second-order valence-electron chi connectivity index (χ2n) is 5.69. The minimum Gasteiger partial charge on any atom is -0.483 e. The van der Waals surface area contributed by atoms with Gasteiger partial charge in [0.25, 0.3) is 0 Å². The highest BCUT2D eigenvalue weighted by Crippen LogP contribution is 2.28. The third kappa shape index (κ3) is 7.29. The van der Waals surface area contributed by atoms with Gasteiger partial charge in [-0.1, -0.05) is 0 Å². The van der Waals surface area contributed by atoms with E-state index in [4.69, 9.17) is 25.5 Å². The van der Waals surface area contributed by atoms with Crippen molar-refractivity contribution in [2.24, 2.45) is 5.73 Å². The van der Waals surface area contributed by atoms with Crippen LogP contribution in [0.2, 0.25) is 0 Å². The molecule has 0 heterocycles. The number of sulfone groups is 1. The number of benzene rings is 1. The van der Waals surface area contributed by atoms with Gasteiger partial charge in [-0.3, -0.25) is 0 Å². The van der Waals surface area contributed by atoms with Crippen molar-refractivity contribution in [3.63, 3.8) is 0 Å². The van der Waals surface area contributed by atoms with Crippen LogP contribution in [0.4, 0.5) is 0 Å². The summed E-state index contributed by atoms with van der Waals surface area (Å²) in [6.07, 6.45) is 1.14. The van der Waals surface area contributed by atoms with Crippen molar-refractivity contribution in [2.75, 3.05) is 12.8 Å². The average molecular weight is 349 g/mol. The summed E-state index contributed by atoms with van der Waals surface area (Å²) in [6.45, 7) is 5.07. The number of hydrogen-bond donors (Lipinski definition) is 5. The van der Waals surface area contributed by atoms with Gasteiger partial charge in [0.1, 0.15) is 11.4 Å². The highest BCUT2D eigenvalue weighted by molar-refractivity contribution is 7.90. The van der Waals surface area contributed by atoms with Gasteiger partial charge in [0.15, 0.2) is 9.84 Å². The molecule has 1 rings (SSSR count). The van der Waals surface area contributed by atoms with Gasteiger partial charge in [0, 0.05) is 12.8 Å². The van der Waals surface area contributed by atoms with Crippen LogP contribution >= 0.6 is 0 Å². The minimum atomic E-state index is -3.23. The molecule has 10 heteroatoms. The zero-order valence-corrected chi connectivity index (χ0v) is 14.4. The van der Waals surface area contributed by atoms with Crippen LogP contribution in [-0.2, 0) is 9.84 Å². The topological polar surface area (TPSA) is 150 Å². The first-order valence-corrected chi connectivity index (χ1v) is 8.58. The number of ether oxygens (including phenoxy) is 1. The van der Waals surface area contributed by atoms with Crippen molar-refractivity contribution >= 4 is 17.2 Å². The van der Waals surface area contributed by atoms with E-state index in [0.717, 1.165) is 6.26 Å². The first kappa shape index (κ1) is 21.8. The van der Waals surface area contributed by atoms with Crippen LogP contribution in [-0.4, -0.2) is 59.9 Å². The molecule has 0 saturated carbocycles. The van der Waals surface area contributed by atoms with Crippen LogP contribution in [0, 0.1) is 0 Å². The Morgan fingerprint density at radius 2 is 1.52 bits per heavy atom. The lowest BCUT2D eigenvalue weighted by molar-refractivity contribution is -0.0960. The molecule has 0 aliphatic rings. The van der Waals surface area contributed by atoms with Crippen LogP contribution in [0.15, 0.2) is 29.2 Å². The van der Waals surface area contributed by atoms with E-state index in [9.17, 15) is 13.5 Å². The fourth-order valence-corrected chi connectivity index (χ4v) is 2.06. The molecule has 0 aliphatic heterocycles. The molecule has 0 bridgehead atoms. The van der Waals surface area contributed by atoms with Gasteiger partial charge in [-0.05, 0) is 45.0 Å². The summed E-state index contributed by atoms with van der Waals surface area (Å²) in [6, 6.07) is 6.03. The summed E-state index contributed by atoms with van der Waals surface area (Å²) in [5, 5.41) is 31.6. The molecule has 1 atom stereocenters. The number of hydrogen-bond acceptors (Lipinski definition) is 8. The van der Waals surface area contributed by atoms with E-state index in [1.165, 1.54) is 12.1 Å². The highest BCUT2D eigenvalue weighted by Gasteiger charge is 2.40. The Morgan fingerprint density at radius 1 is 1.13 bits per heavy atom. The molecule has 6 N–H and O–H groups in total. The Kier molecular flexibility index (Phi) is 7.68. The van der Waals surface area contributed by atoms with Gasteiger partial charge in [-0.2, -0.15) is 0 Å². The van der Waals surface area contributed by atoms with Crippen LogP contribution < -0.4 is 10.5 Å². The summed E-state index contributed by atoms with van der Waals surface area (Å²) >= 11 is 0. The molecule has 0 aliphatic carbocycles. The Bertz CT molecular complexity index is 581. The SMILES string of the molecule is CC(C)(O)C(C)(CN)Oc1ccc(S(C)(=O)=O)cc1.OB(O)O. The maximum Gasteiger partial charge on any atom is 0.631 e. The zero-order valence-electron chi connectivity index (χ0n) is 13.6. The van der Waals surface area contributed by atoms with Crippen molar-refractivity contribution in [1.29, 1.82) is 0 Å². The standard InChI is InChI=1S/C13H21NO4S.BH3O3/c1-12(2,15)13(3,9-14)18-10-5-7-11(8-6-10)19(4,16)17;2-1(3)4/h5-8,15H,9,14H2,1-4H3;2-4H. The molecular weight excluding hydrogens is 325 g/mol. The molecule has 0 fully saturated rings. The Balaban J connectivity index is 0.00000108. The quantitative estimate of drug-likeness (QED) is 0.421. The lowest BCUT2D eigenvalue weighted by Gasteiger charge is -2.39. The summed E-state index contributed by atoms with van der Waals surface area (Å²) in [5.74, 6) is 0.461. The number of nitrogens with two attached hydrogens (primary N) is 1. The Labute approximate surface area is 136 Å². The van der Waals surface area contributed by atoms with Gasteiger partial charge < -0.3 is 30.6 Å². The summed E-state index contributed by atoms with van der Waals surface area (Å²) < 4.78 is 28.4. The monoisotopic (exact) mass is 349 g/mol. The number of aliphatic hydroxyl groups is 1. The molecule has 8 nitrogen and oxygen atoms in total. The van der Waals surface area contributed by atoms with E-state index in [1.807, 2.05) is 0 Å². The summed E-state index contributed by atoms with van der Waals surface area (Å²) in [4.78, 5) is 0.220. The van der Waals surface area contributed by atoms with E-state index in [0.29, 0.717) is 5.75 Å². The van der Waals surface area contributed by atoms with E-state index in [1.54, 1.807) is 32.9 Å². The highest BCUT2D eigenvalue weighted by atomic mass is 32.2. The van der Waals surface area contributed by atoms with Crippen LogP contribution in [0.3, 0.4) is 0 Å². The third-order valence-electron chi connectivity index (χ3n) is 3.28. The van der Waals surface area contributed by atoms with Crippen LogP contribution in [0.1, 0.15) is 20.8 Å². The Morgan fingerprint density at radius 3 is 1.78 bits per heavy atom. The predicted octanol–water partition coefficient (Wildman–Crippen LogP) is -1.09. The van der Waals surface area contributed by atoms with Crippen LogP contribution in [0.25, 0.3) is 0 Å². The summed E-state index contributed by atoms with van der Waals surface area (Å²) in [5.41, 5.74) is 3.57. The lowest BCUT2D eigenvalue weighted by Crippen LogP contribution is -2.57. The van der Waals surface area contributed by atoms with Crippen molar-refractivity contribution in [3.8, 4) is 5.75 Å². The summed E-state index contributed by atoms with van der Waals surface area (Å²) in [7, 11) is -5.39. The lowest BCUT2D eigenvalue weighted by atomic mass is 9.87. The molecule has 0 spiro atoms. The molecule has 0 radical (unpaired) electrons. The molecule has 0 aromatic heterocycles. The average Bonchev–Trinajstić information content (AvgIpc) is 2.36.